The van der Waals surface area contributed by atoms with Crippen LogP contribution in [0.4, 0.5) is 10.5 Å². The molecule has 2 atom stereocenters. The molecule has 0 aliphatic rings. The third-order valence-electron chi connectivity index (χ3n) is 3.45. The lowest BCUT2D eigenvalue weighted by Gasteiger charge is -2.21. The fourth-order valence-electron chi connectivity index (χ4n) is 2.39. The zero-order valence-corrected chi connectivity index (χ0v) is 18.9. The minimum atomic E-state index is -0.546. The number of halogens is 2. The van der Waals surface area contributed by atoms with Crippen LogP contribution >= 0.6 is 31.9 Å². The van der Waals surface area contributed by atoms with Crippen LogP contribution in [-0.4, -0.2) is 34.4 Å². The van der Waals surface area contributed by atoms with Crippen LogP contribution in [0.5, 0.6) is 0 Å². The molecule has 0 aromatic heterocycles. The quantitative estimate of drug-likeness (QED) is 0.377. The second-order valence-corrected chi connectivity index (χ2v) is 8.88. The molecular formula is C19H27Br2NO4. The summed E-state index contributed by atoms with van der Waals surface area (Å²) in [6, 6.07) is 7.47. The van der Waals surface area contributed by atoms with Crippen LogP contribution in [0.15, 0.2) is 24.3 Å². The zero-order chi connectivity index (χ0) is 19.7. The van der Waals surface area contributed by atoms with Crippen LogP contribution in [0.3, 0.4) is 0 Å². The Morgan fingerprint density at radius 1 is 1.19 bits per heavy atom. The van der Waals surface area contributed by atoms with Crippen molar-refractivity contribution < 1.29 is 19.1 Å². The summed E-state index contributed by atoms with van der Waals surface area (Å²) in [5.41, 5.74) is 1.13. The molecule has 7 heteroatoms. The molecule has 1 aromatic carbocycles. The van der Waals surface area contributed by atoms with E-state index in [2.05, 4.69) is 37.2 Å². The molecule has 1 amide bonds. The van der Waals surface area contributed by atoms with Crippen LogP contribution in [0, 0.1) is 0 Å². The molecule has 146 valence electrons. The van der Waals surface area contributed by atoms with Crippen LogP contribution in [-0.2, 0) is 14.3 Å². The number of benzene rings is 1. The Hall–Kier alpha value is -1.08. The smallest absolute Gasteiger partial charge is 0.412 e. The first-order valence-corrected chi connectivity index (χ1v) is 10.6. The third kappa shape index (κ3) is 9.03. The van der Waals surface area contributed by atoms with E-state index in [0.717, 1.165) is 17.3 Å². The molecule has 0 saturated carbocycles. The monoisotopic (exact) mass is 491 g/mol. The molecule has 1 rings (SSSR count). The molecule has 0 saturated heterocycles. The molecule has 0 aliphatic heterocycles. The average Bonchev–Trinajstić information content (AvgIpc) is 2.53. The number of hydrogen-bond donors (Lipinski definition) is 1. The van der Waals surface area contributed by atoms with Crippen molar-refractivity contribution in [3.8, 4) is 0 Å². The summed E-state index contributed by atoms with van der Waals surface area (Å²) >= 11 is 7.06. The van der Waals surface area contributed by atoms with Gasteiger partial charge in [0.05, 0.1) is 13.0 Å². The highest BCUT2D eigenvalue weighted by atomic mass is 79.9. The van der Waals surface area contributed by atoms with Gasteiger partial charge in [0.1, 0.15) is 5.60 Å². The van der Waals surface area contributed by atoms with E-state index in [9.17, 15) is 9.59 Å². The Kier molecular flexibility index (Phi) is 9.64. The molecule has 0 bridgehead atoms. The molecule has 0 fully saturated rings. The van der Waals surface area contributed by atoms with Crippen molar-refractivity contribution in [2.24, 2.45) is 0 Å². The summed E-state index contributed by atoms with van der Waals surface area (Å²) in [7, 11) is 0. The summed E-state index contributed by atoms with van der Waals surface area (Å²) in [6.45, 7) is 7.62. The number of esters is 1. The van der Waals surface area contributed by atoms with Gasteiger partial charge in [0.15, 0.2) is 0 Å². The summed E-state index contributed by atoms with van der Waals surface area (Å²) in [6.07, 6.45) is 0.623. The van der Waals surface area contributed by atoms with E-state index >= 15 is 0 Å². The number of rotatable bonds is 8. The van der Waals surface area contributed by atoms with Crippen molar-refractivity contribution in [1.29, 1.82) is 0 Å². The lowest BCUT2D eigenvalue weighted by molar-refractivity contribution is -0.143. The van der Waals surface area contributed by atoms with Crippen molar-refractivity contribution in [3.05, 3.63) is 29.8 Å². The van der Waals surface area contributed by atoms with Gasteiger partial charge in [0.2, 0.25) is 0 Å². The number of alkyl halides is 2. The van der Waals surface area contributed by atoms with Gasteiger partial charge in [-0.2, -0.15) is 0 Å². The molecular weight excluding hydrogens is 466 g/mol. The Bertz CT molecular complexity index is 584. The van der Waals surface area contributed by atoms with Crippen molar-refractivity contribution in [1.82, 2.24) is 0 Å². The van der Waals surface area contributed by atoms with Crippen LogP contribution in [0.25, 0.3) is 0 Å². The Morgan fingerprint density at radius 2 is 1.81 bits per heavy atom. The second-order valence-electron chi connectivity index (χ2n) is 6.94. The maximum atomic E-state index is 11.9. The fourth-order valence-corrected chi connectivity index (χ4v) is 3.11. The van der Waals surface area contributed by atoms with E-state index in [1.54, 1.807) is 6.92 Å². The van der Waals surface area contributed by atoms with Gasteiger partial charge in [-0.1, -0.05) is 44.0 Å². The fraction of sp³-hybridized carbons (Fsp3) is 0.579. The minimum Gasteiger partial charge on any atom is -0.466 e. The van der Waals surface area contributed by atoms with E-state index in [4.69, 9.17) is 9.47 Å². The highest BCUT2D eigenvalue weighted by molar-refractivity contribution is 9.12. The van der Waals surface area contributed by atoms with Gasteiger partial charge >= 0.3 is 12.1 Å². The summed E-state index contributed by atoms with van der Waals surface area (Å²) in [4.78, 5) is 24.0. The lowest BCUT2D eigenvalue weighted by atomic mass is 9.91. The van der Waals surface area contributed by atoms with Gasteiger partial charge in [-0.05, 0) is 57.7 Å². The number of anilines is 1. The van der Waals surface area contributed by atoms with Crippen LogP contribution < -0.4 is 5.32 Å². The predicted molar refractivity (Wildman–Crippen MR) is 111 cm³/mol. The number of hydrogen-bond acceptors (Lipinski definition) is 4. The molecule has 0 aliphatic carbocycles. The van der Waals surface area contributed by atoms with Crippen LogP contribution in [0.2, 0.25) is 0 Å². The highest BCUT2D eigenvalue weighted by Crippen LogP contribution is 2.29. The average molecular weight is 493 g/mol. The summed E-state index contributed by atoms with van der Waals surface area (Å²) in [5.74, 6) is -0.172. The first-order chi connectivity index (χ1) is 12.1. The number of nitrogens with one attached hydrogen (secondary N) is 1. The minimum absolute atomic E-state index is 0.0338. The number of amides is 1. The first-order valence-electron chi connectivity index (χ1n) is 8.60. The van der Waals surface area contributed by atoms with E-state index in [0.29, 0.717) is 18.7 Å². The molecule has 0 radical (unpaired) electrons. The zero-order valence-electron chi connectivity index (χ0n) is 15.7. The largest absolute Gasteiger partial charge is 0.466 e. The Balaban J connectivity index is 2.81. The SMILES string of the molecule is CCOC(=O)CC(CC(Br)CBr)c1ccc(NC(=O)OC(C)(C)C)cc1. The standard InChI is InChI=1S/C19H27Br2NO4/c1-5-25-17(23)11-14(10-15(21)12-20)13-6-8-16(9-7-13)22-18(24)26-19(2,3)4/h6-9,14-15H,5,10-12H2,1-4H3,(H,22,24). The van der Waals surface area contributed by atoms with Crippen molar-refractivity contribution in [2.75, 3.05) is 17.3 Å². The van der Waals surface area contributed by atoms with Crippen molar-refractivity contribution in [3.63, 3.8) is 0 Å². The lowest BCUT2D eigenvalue weighted by Crippen LogP contribution is -2.27. The van der Waals surface area contributed by atoms with Gasteiger partial charge in [-0.15, -0.1) is 0 Å². The van der Waals surface area contributed by atoms with Crippen molar-refractivity contribution in [2.45, 2.75) is 56.9 Å². The maximum Gasteiger partial charge on any atom is 0.412 e. The van der Waals surface area contributed by atoms with Gasteiger partial charge in [0, 0.05) is 15.8 Å². The number of carbonyl (C=O) groups excluding carboxylic acids is 2. The molecule has 1 aromatic rings. The topological polar surface area (TPSA) is 64.6 Å². The summed E-state index contributed by atoms with van der Waals surface area (Å²) < 4.78 is 10.3. The molecule has 26 heavy (non-hydrogen) atoms. The predicted octanol–water partition coefficient (Wildman–Crippen LogP) is 5.62. The van der Waals surface area contributed by atoms with E-state index in [1.165, 1.54) is 0 Å². The van der Waals surface area contributed by atoms with E-state index in [1.807, 2.05) is 45.0 Å². The van der Waals surface area contributed by atoms with Crippen molar-refractivity contribution >= 4 is 49.6 Å². The number of ether oxygens (including phenoxy) is 2. The second kappa shape index (κ2) is 10.9. The molecule has 0 spiro atoms. The normalized spacial score (nSPS) is 13.6. The molecule has 5 nitrogen and oxygen atoms in total. The third-order valence-corrected chi connectivity index (χ3v) is 5.80. The van der Waals surface area contributed by atoms with Gasteiger partial charge in [0.25, 0.3) is 0 Å². The molecule has 2 unspecified atom stereocenters. The Labute approximate surface area is 172 Å². The van der Waals surface area contributed by atoms with Gasteiger partial charge < -0.3 is 9.47 Å². The van der Waals surface area contributed by atoms with Gasteiger partial charge in [-0.3, -0.25) is 10.1 Å². The van der Waals surface area contributed by atoms with Crippen LogP contribution in [0.1, 0.15) is 52.0 Å². The number of carbonyl (C=O) groups is 2. The molecule has 0 heterocycles. The van der Waals surface area contributed by atoms with E-state index in [-0.39, 0.29) is 16.7 Å². The van der Waals surface area contributed by atoms with E-state index < -0.39 is 11.7 Å². The Morgan fingerprint density at radius 3 is 2.31 bits per heavy atom. The molecule has 1 N–H and O–H groups in total. The highest BCUT2D eigenvalue weighted by Gasteiger charge is 2.21. The maximum absolute atomic E-state index is 11.9. The first kappa shape index (κ1) is 23.0. The summed E-state index contributed by atoms with van der Waals surface area (Å²) in [5, 5.41) is 3.50. The van der Waals surface area contributed by atoms with Gasteiger partial charge in [-0.25, -0.2) is 4.79 Å².